The van der Waals surface area contributed by atoms with Crippen LogP contribution in [-0.4, -0.2) is 5.97 Å². The molecule has 0 N–H and O–H groups in total. The fraction of sp³-hybridized carbons (Fsp3) is 0.500. The van der Waals surface area contributed by atoms with E-state index in [0.29, 0.717) is 12.0 Å². The Bertz CT molecular complexity index is 374. The van der Waals surface area contributed by atoms with Gasteiger partial charge in [-0.25, -0.2) is 4.39 Å². The Morgan fingerprint density at radius 3 is 2.71 bits per heavy atom. The number of rotatable bonds is 7. The molecule has 0 saturated carbocycles. The summed E-state index contributed by atoms with van der Waals surface area (Å²) >= 11 is 0. The molecule has 94 valence electrons. The van der Waals surface area contributed by atoms with Gasteiger partial charge in [0.1, 0.15) is 5.82 Å². The third-order valence-electron chi connectivity index (χ3n) is 2.78. The zero-order valence-electron chi connectivity index (χ0n) is 10.2. The first-order chi connectivity index (χ1) is 8.13. The van der Waals surface area contributed by atoms with Gasteiger partial charge in [0.2, 0.25) is 0 Å². The first-order valence-electron chi connectivity index (χ1n) is 6.10. The van der Waals surface area contributed by atoms with E-state index in [0.717, 1.165) is 31.2 Å². The van der Waals surface area contributed by atoms with Crippen LogP contribution in [0.25, 0.3) is 0 Å². The molecule has 0 aliphatic heterocycles. The first kappa shape index (κ1) is 13.7. The number of carbonyl (C=O) groups is 1. The summed E-state index contributed by atoms with van der Waals surface area (Å²) in [6.45, 7) is 2.10. The topological polar surface area (TPSA) is 40.1 Å². The number of aliphatic carboxylic acids is 1. The van der Waals surface area contributed by atoms with Gasteiger partial charge in [0, 0.05) is 5.97 Å². The lowest BCUT2D eigenvalue weighted by molar-refractivity contribution is -0.305. The van der Waals surface area contributed by atoms with E-state index < -0.39 is 5.97 Å². The second-order valence-electron chi connectivity index (χ2n) is 4.25. The maximum absolute atomic E-state index is 13.5. The SMILES string of the molecule is CCCCCc1cc(CCC(=O)[O-])ccc1F. The van der Waals surface area contributed by atoms with Gasteiger partial charge in [0.05, 0.1) is 0 Å². The molecule has 0 spiro atoms. The highest BCUT2D eigenvalue weighted by Gasteiger charge is 2.03. The molecule has 0 fully saturated rings. The van der Waals surface area contributed by atoms with Gasteiger partial charge in [0.25, 0.3) is 0 Å². The lowest BCUT2D eigenvalue weighted by atomic mass is 10.0. The monoisotopic (exact) mass is 237 g/mol. The number of aryl methyl sites for hydroxylation is 2. The van der Waals surface area contributed by atoms with E-state index in [4.69, 9.17) is 0 Å². The van der Waals surface area contributed by atoms with Crippen LogP contribution in [0, 0.1) is 5.82 Å². The van der Waals surface area contributed by atoms with Gasteiger partial charge in [-0.05, 0) is 42.9 Å². The van der Waals surface area contributed by atoms with Gasteiger partial charge < -0.3 is 9.90 Å². The lowest BCUT2D eigenvalue weighted by Crippen LogP contribution is -2.22. The fourth-order valence-corrected chi connectivity index (χ4v) is 1.79. The molecule has 0 radical (unpaired) electrons. The predicted octanol–water partition coefficient (Wildman–Crippen LogP) is 2.24. The zero-order valence-corrected chi connectivity index (χ0v) is 10.2. The number of unbranched alkanes of at least 4 members (excludes halogenated alkanes) is 2. The maximum Gasteiger partial charge on any atom is 0.126 e. The van der Waals surface area contributed by atoms with Crippen LogP contribution >= 0.6 is 0 Å². The van der Waals surface area contributed by atoms with E-state index >= 15 is 0 Å². The van der Waals surface area contributed by atoms with E-state index in [1.165, 1.54) is 6.07 Å². The Balaban J connectivity index is 2.62. The Morgan fingerprint density at radius 2 is 2.06 bits per heavy atom. The molecule has 1 aromatic rings. The minimum atomic E-state index is -1.07. The van der Waals surface area contributed by atoms with Crippen LogP contribution in [0.1, 0.15) is 43.7 Å². The van der Waals surface area contributed by atoms with Crippen molar-refractivity contribution in [3.63, 3.8) is 0 Å². The van der Waals surface area contributed by atoms with Gasteiger partial charge in [-0.15, -0.1) is 0 Å². The second kappa shape index (κ2) is 7.05. The summed E-state index contributed by atoms with van der Waals surface area (Å²) in [5.74, 6) is -1.26. The number of carboxylic acid groups (broad SMARTS) is 1. The Labute approximate surface area is 101 Å². The zero-order chi connectivity index (χ0) is 12.7. The molecule has 3 heteroatoms. The molecular weight excluding hydrogens is 219 g/mol. The van der Waals surface area contributed by atoms with Crippen molar-refractivity contribution in [2.24, 2.45) is 0 Å². The van der Waals surface area contributed by atoms with Crippen LogP contribution in [-0.2, 0) is 17.6 Å². The number of carboxylic acids is 1. The number of hydrogen-bond acceptors (Lipinski definition) is 2. The summed E-state index contributed by atoms with van der Waals surface area (Å²) in [5, 5.41) is 10.4. The number of benzene rings is 1. The smallest absolute Gasteiger partial charge is 0.126 e. The van der Waals surface area contributed by atoms with Gasteiger partial charge in [-0.2, -0.15) is 0 Å². The normalized spacial score (nSPS) is 10.5. The van der Waals surface area contributed by atoms with E-state index in [2.05, 4.69) is 6.92 Å². The van der Waals surface area contributed by atoms with Crippen LogP contribution in [0.5, 0.6) is 0 Å². The van der Waals surface area contributed by atoms with E-state index in [-0.39, 0.29) is 12.2 Å². The molecule has 0 unspecified atom stereocenters. The molecule has 17 heavy (non-hydrogen) atoms. The van der Waals surface area contributed by atoms with Crippen LogP contribution in [0.15, 0.2) is 18.2 Å². The van der Waals surface area contributed by atoms with Crippen molar-refractivity contribution < 1.29 is 14.3 Å². The molecule has 0 amide bonds. The summed E-state index contributed by atoms with van der Waals surface area (Å²) in [4.78, 5) is 10.4. The largest absolute Gasteiger partial charge is 0.550 e. The highest BCUT2D eigenvalue weighted by molar-refractivity contribution is 5.64. The van der Waals surface area contributed by atoms with Crippen molar-refractivity contribution in [2.75, 3.05) is 0 Å². The highest BCUT2D eigenvalue weighted by Crippen LogP contribution is 2.15. The summed E-state index contributed by atoms with van der Waals surface area (Å²) < 4.78 is 13.5. The molecule has 0 saturated heterocycles. The Kier molecular flexibility index (Phi) is 5.67. The Morgan fingerprint density at radius 1 is 1.29 bits per heavy atom. The molecule has 0 bridgehead atoms. The van der Waals surface area contributed by atoms with Crippen LogP contribution in [0.3, 0.4) is 0 Å². The molecule has 1 aromatic carbocycles. The van der Waals surface area contributed by atoms with Gasteiger partial charge in [-0.1, -0.05) is 31.9 Å². The molecular formula is C14H18FO2-. The molecule has 0 heterocycles. The van der Waals surface area contributed by atoms with Gasteiger partial charge in [0.15, 0.2) is 0 Å². The van der Waals surface area contributed by atoms with Crippen molar-refractivity contribution in [3.05, 3.63) is 35.1 Å². The van der Waals surface area contributed by atoms with Gasteiger partial charge >= 0.3 is 0 Å². The highest BCUT2D eigenvalue weighted by atomic mass is 19.1. The van der Waals surface area contributed by atoms with E-state index in [1.807, 2.05) is 0 Å². The third-order valence-corrected chi connectivity index (χ3v) is 2.78. The first-order valence-corrected chi connectivity index (χ1v) is 6.10. The molecule has 0 atom stereocenters. The molecule has 0 aliphatic carbocycles. The lowest BCUT2D eigenvalue weighted by Gasteiger charge is -2.07. The molecule has 2 nitrogen and oxygen atoms in total. The summed E-state index contributed by atoms with van der Waals surface area (Å²) in [7, 11) is 0. The van der Waals surface area contributed by atoms with Crippen molar-refractivity contribution in [1.29, 1.82) is 0 Å². The minimum Gasteiger partial charge on any atom is -0.550 e. The summed E-state index contributed by atoms with van der Waals surface area (Å²) in [5.41, 5.74) is 1.55. The number of hydrogen-bond donors (Lipinski definition) is 0. The number of carbonyl (C=O) groups excluding carboxylic acids is 1. The molecule has 0 aliphatic rings. The number of halogens is 1. The molecule has 1 rings (SSSR count). The predicted molar refractivity (Wildman–Crippen MR) is 63.0 cm³/mol. The summed E-state index contributed by atoms with van der Waals surface area (Å²) in [6.07, 6.45) is 4.27. The fourth-order valence-electron chi connectivity index (χ4n) is 1.79. The summed E-state index contributed by atoms with van der Waals surface area (Å²) in [6, 6.07) is 4.83. The quantitative estimate of drug-likeness (QED) is 0.682. The van der Waals surface area contributed by atoms with Gasteiger partial charge in [-0.3, -0.25) is 0 Å². The third kappa shape index (κ3) is 4.98. The molecule has 0 aromatic heterocycles. The average molecular weight is 237 g/mol. The van der Waals surface area contributed by atoms with E-state index in [1.54, 1.807) is 12.1 Å². The average Bonchev–Trinajstić information content (AvgIpc) is 2.30. The Hall–Kier alpha value is -1.38. The van der Waals surface area contributed by atoms with Crippen LogP contribution < -0.4 is 5.11 Å². The van der Waals surface area contributed by atoms with Crippen LogP contribution in [0.2, 0.25) is 0 Å². The standard InChI is InChI=1S/C14H19FO2/c1-2-3-4-5-12-10-11(6-8-13(12)15)7-9-14(16)17/h6,8,10H,2-5,7,9H2,1H3,(H,16,17)/p-1. The minimum absolute atomic E-state index is 0.0139. The maximum atomic E-state index is 13.5. The van der Waals surface area contributed by atoms with E-state index in [9.17, 15) is 14.3 Å². The van der Waals surface area contributed by atoms with Crippen molar-refractivity contribution >= 4 is 5.97 Å². The van der Waals surface area contributed by atoms with Crippen molar-refractivity contribution in [2.45, 2.75) is 45.4 Å². The second-order valence-corrected chi connectivity index (χ2v) is 4.25. The van der Waals surface area contributed by atoms with Crippen LogP contribution in [0.4, 0.5) is 4.39 Å². The van der Waals surface area contributed by atoms with Crippen molar-refractivity contribution in [1.82, 2.24) is 0 Å². The van der Waals surface area contributed by atoms with Crippen molar-refractivity contribution in [3.8, 4) is 0 Å².